The summed E-state index contributed by atoms with van der Waals surface area (Å²) >= 11 is 0. The van der Waals surface area contributed by atoms with Gasteiger partial charge >= 0.3 is 6.55 Å². The minimum atomic E-state index is -2.77. The van der Waals surface area contributed by atoms with Crippen LogP contribution in [0.2, 0.25) is 0 Å². The Hall–Kier alpha value is -2.03. The van der Waals surface area contributed by atoms with Gasteiger partial charge in [-0.15, -0.1) is 0 Å². The number of carbonyl (C=O) groups excluding carboxylic acids is 2. The first-order valence-electron chi connectivity index (χ1n) is 9.17. The topological polar surface area (TPSA) is 79.3 Å². The summed E-state index contributed by atoms with van der Waals surface area (Å²) in [6.45, 7) is 0.262. The van der Waals surface area contributed by atoms with Crippen molar-refractivity contribution in [3.63, 3.8) is 0 Å². The van der Waals surface area contributed by atoms with E-state index in [1.807, 2.05) is 6.92 Å². The summed E-state index contributed by atoms with van der Waals surface area (Å²) in [5.41, 5.74) is -0.0424. The van der Waals surface area contributed by atoms with E-state index >= 15 is 0 Å². The largest absolute Gasteiger partial charge is 0.355 e. The van der Waals surface area contributed by atoms with Crippen LogP contribution >= 0.6 is 0 Å². The number of nitrogens with zero attached hydrogens (tertiary/aromatic N) is 3. The first-order valence-corrected chi connectivity index (χ1v) is 9.17. The molecule has 2 heterocycles. The minimum Gasteiger partial charge on any atom is -0.355 e. The first-order chi connectivity index (χ1) is 12.5. The van der Waals surface area contributed by atoms with E-state index in [0.29, 0.717) is 30.2 Å². The number of rotatable bonds is 6. The van der Waals surface area contributed by atoms with Crippen LogP contribution in [-0.2, 0) is 4.79 Å². The average Bonchev–Trinajstić information content (AvgIpc) is 3.34. The van der Waals surface area contributed by atoms with Gasteiger partial charge in [0.1, 0.15) is 5.69 Å². The van der Waals surface area contributed by atoms with Gasteiger partial charge < -0.3 is 10.6 Å². The highest BCUT2D eigenvalue weighted by molar-refractivity contribution is 5.92. The van der Waals surface area contributed by atoms with Crippen molar-refractivity contribution in [3.05, 3.63) is 18.0 Å². The van der Waals surface area contributed by atoms with E-state index < -0.39 is 12.5 Å². The zero-order valence-corrected chi connectivity index (χ0v) is 14.8. The van der Waals surface area contributed by atoms with Crippen molar-refractivity contribution < 1.29 is 18.4 Å². The molecule has 1 saturated heterocycles. The normalized spacial score (nSPS) is 24.3. The van der Waals surface area contributed by atoms with E-state index in [0.717, 1.165) is 31.9 Å². The molecule has 1 saturated carbocycles. The number of aromatic nitrogens is 2. The molecule has 2 amide bonds. The molecule has 1 aromatic heterocycles. The number of likely N-dealkylation sites (tertiary alicyclic amines) is 1. The minimum absolute atomic E-state index is 0.0156. The molecule has 1 aromatic rings. The Kier molecular flexibility index (Phi) is 5.85. The van der Waals surface area contributed by atoms with Crippen LogP contribution in [0.5, 0.6) is 0 Å². The predicted molar refractivity (Wildman–Crippen MR) is 90.8 cm³/mol. The van der Waals surface area contributed by atoms with E-state index in [1.54, 1.807) is 0 Å². The molecule has 7 nitrogen and oxygen atoms in total. The molecule has 26 heavy (non-hydrogen) atoms. The van der Waals surface area contributed by atoms with E-state index in [-0.39, 0.29) is 23.7 Å². The molecule has 0 unspecified atom stereocenters. The van der Waals surface area contributed by atoms with Gasteiger partial charge in [-0.1, -0.05) is 12.8 Å². The standard InChI is InChI=1S/C17H25F2N5O2/c1-2-20-16(26)14-9-11(10-23(14)12-5-3-4-6-12)21-15(25)13-7-8-24(22-13)17(18)19/h7-8,11-12,14,17H,2-6,9-10H2,1H3,(H,20,26)(H,21,25)/t11-,14+/m1/s1. The lowest BCUT2D eigenvalue weighted by molar-refractivity contribution is -0.126. The van der Waals surface area contributed by atoms with Gasteiger partial charge in [-0.25, -0.2) is 4.68 Å². The Labute approximate surface area is 151 Å². The van der Waals surface area contributed by atoms with Crippen molar-refractivity contribution in [1.29, 1.82) is 0 Å². The van der Waals surface area contributed by atoms with E-state index in [1.165, 1.54) is 6.07 Å². The molecular weight excluding hydrogens is 344 g/mol. The number of hydrogen-bond donors (Lipinski definition) is 2. The van der Waals surface area contributed by atoms with Gasteiger partial charge in [0.15, 0.2) is 0 Å². The molecule has 0 radical (unpaired) electrons. The highest BCUT2D eigenvalue weighted by atomic mass is 19.3. The number of hydrogen-bond acceptors (Lipinski definition) is 4. The molecule has 3 rings (SSSR count). The fraction of sp³-hybridized carbons (Fsp3) is 0.706. The fourth-order valence-electron chi connectivity index (χ4n) is 3.98. The highest BCUT2D eigenvalue weighted by Crippen LogP contribution is 2.30. The first kappa shape index (κ1) is 18.8. The number of carbonyl (C=O) groups is 2. The maximum atomic E-state index is 12.6. The molecule has 0 aromatic carbocycles. The third-order valence-electron chi connectivity index (χ3n) is 5.16. The van der Waals surface area contributed by atoms with E-state index in [4.69, 9.17) is 0 Å². The third kappa shape index (κ3) is 4.03. The zero-order chi connectivity index (χ0) is 18.7. The van der Waals surface area contributed by atoms with Crippen LogP contribution in [-0.4, -0.2) is 57.7 Å². The Morgan fingerprint density at radius 3 is 2.69 bits per heavy atom. The van der Waals surface area contributed by atoms with Crippen molar-refractivity contribution in [3.8, 4) is 0 Å². The lowest BCUT2D eigenvalue weighted by atomic mass is 10.1. The molecular formula is C17H25F2N5O2. The molecule has 0 spiro atoms. The van der Waals surface area contributed by atoms with Crippen LogP contribution in [0.3, 0.4) is 0 Å². The van der Waals surface area contributed by atoms with Crippen molar-refractivity contribution in [2.24, 2.45) is 0 Å². The van der Waals surface area contributed by atoms with Gasteiger partial charge in [-0.05, 0) is 32.3 Å². The van der Waals surface area contributed by atoms with Crippen LogP contribution in [0.15, 0.2) is 12.3 Å². The zero-order valence-electron chi connectivity index (χ0n) is 14.8. The Bertz CT molecular complexity index is 645. The maximum Gasteiger partial charge on any atom is 0.333 e. The smallest absolute Gasteiger partial charge is 0.333 e. The summed E-state index contributed by atoms with van der Waals surface area (Å²) in [5.74, 6) is -0.504. The van der Waals surface area contributed by atoms with Gasteiger partial charge in [0.25, 0.3) is 5.91 Å². The molecule has 2 atom stereocenters. The maximum absolute atomic E-state index is 12.6. The van der Waals surface area contributed by atoms with Gasteiger partial charge in [-0.3, -0.25) is 14.5 Å². The van der Waals surface area contributed by atoms with Crippen molar-refractivity contribution in [2.75, 3.05) is 13.1 Å². The number of alkyl halides is 2. The average molecular weight is 369 g/mol. The monoisotopic (exact) mass is 369 g/mol. The summed E-state index contributed by atoms with van der Waals surface area (Å²) in [6.07, 6.45) is 6.04. The van der Waals surface area contributed by atoms with Crippen LogP contribution in [0.25, 0.3) is 0 Å². The lowest BCUT2D eigenvalue weighted by Gasteiger charge is -2.29. The Morgan fingerprint density at radius 1 is 1.35 bits per heavy atom. The van der Waals surface area contributed by atoms with Crippen molar-refractivity contribution >= 4 is 11.8 Å². The summed E-state index contributed by atoms with van der Waals surface area (Å²) in [6, 6.07) is 1.17. The molecule has 2 N–H and O–H groups in total. The second kappa shape index (κ2) is 8.11. The highest BCUT2D eigenvalue weighted by Gasteiger charge is 2.41. The predicted octanol–water partition coefficient (Wildman–Crippen LogP) is 1.53. The van der Waals surface area contributed by atoms with Crippen molar-refractivity contribution in [2.45, 2.75) is 63.7 Å². The number of nitrogens with one attached hydrogen (secondary N) is 2. The molecule has 9 heteroatoms. The molecule has 1 aliphatic heterocycles. The third-order valence-corrected chi connectivity index (χ3v) is 5.16. The molecule has 2 fully saturated rings. The quantitative estimate of drug-likeness (QED) is 0.797. The second-order valence-corrected chi connectivity index (χ2v) is 6.91. The van der Waals surface area contributed by atoms with Gasteiger partial charge in [0.2, 0.25) is 5.91 Å². The van der Waals surface area contributed by atoms with Crippen LogP contribution in [0.4, 0.5) is 8.78 Å². The molecule has 2 aliphatic rings. The van der Waals surface area contributed by atoms with Crippen LogP contribution in [0.1, 0.15) is 56.1 Å². The van der Waals surface area contributed by atoms with Gasteiger partial charge in [0, 0.05) is 31.4 Å². The number of halogens is 2. The molecule has 1 aliphatic carbocycles. The fourth-order valence-corrected chi connectivity index (χ4v) is 3.98. The Balaban J connectivity index is 1.65. The lowest BCUT2D eigenvalue weighted by Crippen LogP contribution is -2.47. The summed E-state index contributed by atoms with van der Waals surface area (Å²) < 4.78 is 25.7. The molecule has 0 bridgehead atoms. The second-order valence-electron chi connectivity index (χ2n) is 6.91. The number of likely N-dealkylation sites (N-methyl/N-ethyl adjacent to an activating group) is 1. The van der Waals surface area contributed by atoms with E-state index in [9.17, 15) is 18.4 Å². The Morgan fingerprint density at radius 2 is 2.08 bits per heavy atom. The van der Waals surface area contributed by atoms with Gasteiger partial charge in [-0.2, -0.15) is 13.9 Å². The van der Waals surface area contributed by atoms with Crippen LogP contribution < -0.4 is 10.6 Å². The van der Waals surface area contributed by atoms with Crippen LogP contribution in [0, 0.1) is 0 Å². The van der Waals surface area contributed by atoms with E-state index in [2.05, 4.69) is 20.6 Å². The SMILES string of the molecule is CCNC(=O)[C@@H]1C[C@@H](NC(=O)c2ccn(C(F)F)n2)CN1C1CCCC1. The number of amides is 2. The summed E-state index contributed by atoms with van der Waals surface area (Å²) in [7, 11) is 0. The van der Waals surface area contributed by atoms with Gasteiger partial charge in [0.05, 0.1) is 6.04 Å². The summed E-state index contributed by atoms with van der Waals surface area (Å²) in [5, 5.41) is 9.31. The molecule has 144 valence electrons. The summed E-state index contributed by atoms with van der Waals surface area (Å²) in [4.78, 5) is 26.9. The van der Waals surface area contributed by atoms with Crippen molar-refractivity contribution in [1.82, 2.24) is 25.3 Å².